The van der Waals surface area contributed by atoms with E-state index in [4.69, 9.17) is 9.15 Å². The molecule has 2 heterocycles. The highest BCUT2D eigenvalue weighted by molar-refractivity contribution is 5.48. The molecule has 0 atom stereocenters. The molecule has 0 spiro atoms. The number of hydrogen-bond donors (Lipinski definition) is 0. The second-order valence-corrected chi connectivity index (χ2v) is 5.53. The summed E-state index contributed by atoms with van der Waals surface area (Å²) in [7, 11) is 0. The zero-order valence-corrected chi connectivity index (χ0v) is 12.7. The Bertz CT molecular complexity index is 681. The van der Waals surface area contributed by atoms with E-state index in [0.29, 0.717) is 17.5 Å². The van der Waals surface area contributed by atoms with Gasteiger partial charge in [0.15, 0.2) is 6.61 Å². The molecule has 5 heteroatoms. The fourth-order valence-corrected chi connectivity index (χ4v) is 2.65. The summed E-state index contributed by atoms with van der Waals surface area (Å²) in [5.74, 6) is 1.81. The van der Waals surface area contributed by atoms with Gasteiger partial charge in [-0.15, -0.1) is 0 Å². The predicted octanol–water partition coefficient (Wildman–Crippen LogP) is 3.42. The van der Waals surface area contributed by atoms with Crippen molar-refractivity contribution in [3.8, 4) is 11.8 Å². The number of benzene rings is 1. The summed E-state index contributed by atoms with van der Waals surface area (Å²) >= 11 is 0. The van der Waals surface area contributed by atoms with Crippen LogP contribution in [0, 0.1) is 18.3 Å². The molecule has 1 aliphatic rings. The largest absolute Gasteiger partial charge is 0.484 e. The van der Waals surface area contributed by atoms with Crippen LogP contribution in [0.2, 0.25) is 0 Å². The number of hydrogen-bond acceptors (Lipinski definition) is 5. The Morgan fingerprint density at radius 2 is 2.14 bits per heavy atom. The lowest BCUT2D eigenvalue weighted by Crippen LogP contribution is -2.29. The molecule has 1 aromatic carbocycles. The summed E-state index contributed by atoms with van der Waals surface area (Å²) in [6.45, 7) is 4.08. The van der Waals surface area contributed by atoms with Gasteiger partial charge in [-0.1, -0.05) is 12.1 Å². The minimum atomic E-state index is 0.228. The molecular formula is C17H19N3O2. The first-order chi connectivity index (χ1) is 10.8. The summed E-state index contributed by atoms with van der Waals surface area (Å²) < 4.78 is 11.5. The predicted molar refractivity (Wildman–Crippen MR) is 82.8 cm³/mol. The molecule has 1 aromatic heterocycles. The van der Waals surface area contributed by atoms with Crippen LogP contribution in [0.15, 0.2) is 28.7 Å². The molecule has 0 bridgehead atoms. The first-order valence-corrected chi connectivity index (χ1v) is 7.60. The molecule has 1 fully saturated rings. The molecule has 1 aliphatic heterocycles. The van der Waals surface area contributed by atoms with Crippen molar-refractivity contribution >= 4 is 5.88 Å². The maximum Gasteiger partial charge on any atom is 0.236 e. The zero-order chi connectivity index (χ0) is 15.4. The van der Waals surface area contributed by atoms with Crippen molar-refractivity contribution in [2.45, 2.75) is 32.8 Å². The maximum atomic E-state index is 9.24. The van der Waals surface area contributed by atoms with Gasteiger partial charge in [0.1, 0.15) is 11.8 Å². The Balaban J connectivity index is 1.72. The number of nitrogens with zero attached hydrogens (tertiary/aromatic N) is 3. The zero-order valence-electron chi connectivity index (χ0n) is 12.7. The van der Waals surface area contributed by atoms with E-state index in [1.54, 1.807) is 0 Å². The van der Waals surface area contributed by atoms with Gasteiger partial charge in [-0.25, -0.2) is 0 Å². The summed E-state index contributed by atoms with van der Waals surface area (Å²) in [4.78, 5) is 6.35. The van der Waals surface area contributed by atoms with E-state index in [9.17, 15) is 5.26 Å². The standard InChI is InChI=1S/C17H19N3O2/c1-13-6-5-7-14(10-13)21-12-16-19-15(11-18)17(22-16)20-8-3-2-4-9-20/h5-7,10H,2-4,8-9,12H2,1H3. The lowest BCUT2D eigenvalue weighted by molar-refractivity contribution is 0.263. The van der Waals surface area contributed by atoms with E-state index in [-0.39, 0.29) is 6.61 Å². The number of aryl methyl sites for hydroxylation is 1. The van der Waals surface area contributed by atoms with Crippen LogP contribution in [-0.2, 0) is 6.61 Å². The highest BCUT2D eigenvalue weighted by Crippen LogP contribution is 2.25. The number of aromatic nitrogens is 1. The molecular weight excluding hydrogens is 278 g/mol. The van der Waals surface area contributed by atoms with E-state index in [0.717, 1.165) is 37.2 Å². The molecule has 5 nitrogen and oxygen atoms in total. The summed E-state index contributed by atoms with van der Waals surface area (Å²) in [5, 5.41) is 9.24. The van der Waals surface area contributed by atoms with Gasteiger partial charge in [-0.2, -0.15) is 10.2 Å². The smallest absolute Gasteiger partial charge is 0.236 e. The minimum absolute atomic E-state index is 0.228. The van der Waals surface area contributed by atoms with Crippen LogP contribution in [0.4, 0.5) is 5.88 Å². The quantitative estimate of drug-likeness (QED) is 0.865. The minimum Gasteiger partial charge on any atom is -0.484 e. The lowest BCUT2D eigenvalue weighted by atomic mass is 10.1. The van der Waals surface area contributed by atoms with Crippen molar-refractivity contribution in [2.75, 3.05) is 18.0 Å². The summed E-state index contributed by atoms with van der Waals surface area (Å²) in [5.41, 5.74) is 1.49. The van der Waals surface area contributed by atoms with E-state index >= 15 is 0 Å². The Kier molecular flexibility index (Phi) is 4.29. The SMILES string of the molecule is Cc1cccc(OCc2nc(C#N)c(N3CCCCC3)o2)c1. The molecule has 0 radical (unpaired) electrons. The fourth-order valence-electron chi connectivity index (χ4n) is 2.65. The van der Waals surface area contributed by atoms with Crippen molar-refractivity contribution < 1.29 is 9.15 Å². The third kappa shape index (κ3) is 3.22. The molecule has 0 N–H and O–H groups in total. The van der Waals surface area contributed by atoms with Crippen LogP contribution in [0.1, 0.15) is 36.4 Å². The van der Waals surface area contributed by atoms with E-state index < -0.39 is 0 Å². The van der Waals surface area contributed by atoms with Gasteiger partial charge in [-0.3, -0.25) is 0 Å². The van der Waals surface area contributed by atoms with Crippen molar-refractivity contribution in [1.29, 1.82) is 5.26 Å². The molecule has 0 unspecified atom stereocenters. The van der Waals surface area contributed by atoms with Crippen molar-refractivity contribution in [3.05, 3.63) is 41.4 Å². The van der Waals surface area contributed by atoms with Crippen molar-refractivity contribution in [3.63, 3.8) is 0 Å². The molecule has 3 rings (SSSR count). The van der Waals surface area contributed by atoms with Gasteiger partial charge >= 0.3 is 0 Å². The average molecular weight is 297 g/mol. The molecule has 0 aliphatic carbocycles. The maximum absolute atomic E-state index is 9.24. The van der Waals surface area contributed by atoms with E-state index in [1.165, 1.54) is 6.42 Å². The Labute approximate surface area is 130 Å². The van der Waals surface area contributed by atoms with Crippen molar-refractivity contribution in [2.24, 2.45) is 0 Å². The second kappa shape index (κ2) is 6.52. The van der Waals surface area contributed by atoms with Gasteiger partial charge in [-0.05, 0) is 43.9 Å². The first kappa shape index (κ1) is 14.5. The molecule has 0 saturated carbocycles. The van der Waals surface area contributed by atoms with Crippen LogP contribution in [0.5, 0.6) is 5.75 Å². The number of anilines is 1. The van der Waals surface area contributed by atoms with Gasteiger partial charge in [0, 0.05) is 13.1 Å². The van der Waals surface area contributed by atoms with E-state index in [1.807, 2.05) is 31.2 Å². The summed E-state index contributed by atoms with van der Waals surface area (Å²) in [6, 6.07) is 9.93. The van der Waals surface area contributed by atoms with Crippen LogP contribution in [0.25, 0.3) is 0 Å². The molecule has 1 saturated heterocycles. The fraction of sp³-hybridized carbons (Fsp3) is 0.412. The van der Waals surface area contributed by atoms with Gasteiger partial charge in [0.25, 0.3) is 0 Å². The number of nitriles is 1. The molecule has 2 aromatic rings. The second-order valence-electron chi connectivity index (χ2n) is 5.53. The molecule has 114 valence electrons. The lowest BCUT2D eigenvalue weighted by Gasteiger charge is -2.25. The average Bonchev–Trinajstić information content (AvgIpc) is 2.97. The molecule has 22 heavy (non-hydrogen) atoms. The third-order valence-electron chi connectivity index (χ3n) is 3.75. The van der Waals surface area contributed by atoms with Crippen LogP contribution >= 0.6 is 0 Å². The van der Waals surface area contributed by atoms with Gasteiger partial charge < -0.3 is 14.1 Å². The normalized spacial score (nSPS) is 14.6. The molecule has 0 amide bonds. The van der Waals surface area contributed by atoms with Crippen molar-refractivity contribution in [1.82, 2.24) is 4.98 Å². The first-order valence-electron chi connectivity index (χ1n) is 7.60. The highest BCUT2D eigenvalue weighted by Gasteiger charge is 2.21. The number of piperidine rings is 1. The summed E-state index contributed by atoms with van der Waals surface area (Å²) in [6.07, 6.45) is 3.48. The third-order valence-corrected chi connectivity index (χ3v) is 3.75. The van der Waals surface area contributed by atoms with Crippen LogP contribution < -0.4 is 9.64 Å². The van der Waals surface area contributed by atoms with E-state index in [2.05, 4.69) is 16.0 Å². The Morgan fingerprint density at radius 3 is 2.86 bits per heavy atom. The van der Waals surface area contributed by atoms with Gasteiger partial charge in [0.2, 0.25) is 17.5 Å². The number of oxazole rings is 1. The monoisotopic (exact) mass is 297 g/mol. The van der Waals surface area contributed by atoms with Crippen LogP contribution in [-0.4, -0.2) is 18.1 Å². The number of rotatable bonds is 4. The number of ether oxygens (including phenoxy) is 1. The Morgan fingerprint density at radius 1 is 1.32 bits per heavy atom. The topological polar surface area (TPSA) is 62.3 Å². The van der Waals surface area contributed by atoms with Crippen LogP contribution in [0.3, 0.4) is 0 Å². The Hall–Kier alpha value is -2.48. The highest BCUT2D eigenvalue weighted by atomic mass is 16.5. The van der Waals surface area contributed by atoms with Gasteiger partial charge in [0.05, 0.1) is 0 Å².